The molecule has 4 heteroatoms. The monoisotopic (exact) mass is 287 g/mol. The maximum Gasteiger partial charge on any atom is 0.232 e. The van der Waals surface area contributed by atoms with Gasteiger partial charge in [0.25, 0.3) is 0 Å². The summed E-state index contributed by atoms with van der Waals surface area (Å²) in [6.45, 7) is 0.611. The Hall–Kier alpha value is -1.94. The largest absolute Gasteiger partial charge is 0.508 e. The van der Waals surface area contributed by atoms with E-state index in [1.165, 1.54) is 11.8 Å². The summed E-state index contributed by atoms with van der Waals surface area (Å²) in [6, 6.07) is 16.8. The molecule has 3 nitrogen and oxygen atoms in total. The number of hydrogen-bond acceptors (Lipinski definition) is 3. The summed E-state index contributed by atoms with van der Waals surface area (Å²) < 4.78 is 0. The second-order valence-corrected chi connectivity index (χ2v) is 5.57. The van der Waals surface area contributed by atoms with Crippen molar-refractivity contribution in [1.29, 1.82) is 0 Å². The molecule has 0 fully saturated rings. The van der Waals surface area contributed by atoms with E-state index in [0.29, 0.717) is 12.3 Å². The molecule has 0 aliphatic heterocycles. The number of carbonyl (C=O) groups excluding carboxylic acids is 1. The molecular formula is C16H17NO2S. The SMILES string of the molecule is CN(Cc1ccccc1)C(=O)CSc1cccc(O)c1. The number of carbonyl (C=O) groups is 1. The predicted molar refractivity (Wildman–Crippen MR) is 81.7 cm³/mol. The van der Waals surface area contributed by atoms with Crippen LogP contribution < -0.4 is 0 Å². The highest BCUT2D eigenvalue weighted by molar-refractivity contribution is 8.00. The number of phenols is 1. The molecule has 0 heterocycles. The average Bonchev–Trinajstić information content (AvgIpc) is 2.46. The van der Waals surface area contributed by atoms with Crippen molar-refractivity contribution < 1.29 is 9.90 Å². The molecule has 0 saturated carbocycles. The van der Waals surface area contributed by atoms with E-state index >= 15 is 0 Å². The Labute approximate surface area is 123 Å². The zero-order valence-electron chi connectivity index (χ0n) is 11.3. The number of phenolic OH excluding ortho intramolecular Hbond substituents is 1. The van der Waals surface area contributed by atoms with E-state index < -0.39 is 0 Å². The van der Waals surface area contributed by atoms with Crippen molar-refractivity contribution in [3.63, 3.8) is 0 Å². The van der Waals surface area contributed by atoms with Gasteiger partial charge in [-0.15, -0.1) is 11.8 Å². The highest BCUT2D eigenvalue weighted by Gasteiger charge is 2.09. The molecule has 0 unspecified atom stereocenters. The third kappa shape index (κ3) is 4.31. The van der Waals surface area contributed by atoms with Crippen molar-refractivity contribution >= 4 is 17.7 Å². The molecule has 0 atom stereocenters. The van der Waals surface area contributed by atoms with Crippen molar-refractivity contribution in [2.75, 3.05) is 12.8 Å². The molecule has 0 bridgehead atoms. The first-order valence-corrected chi connectivity index (χ1v) is 7.33. The molecule has 2 aromatic rings. The van der Waals surface area contributed by atoms with Gasteiger partial charge in [-0.2, -0.15) is 0 Å². The number of thioether (sulfide) groups is 1. The van der Waals surface area contributed by atoms with Gasteiger partial charge in [0, 0.05) is 18.5 Å². The van der Waals surface area contributed by atoms with Crippen LogP contribution in [0.15, 0.2) is 59.5 Å². The molecule has 0 spiro atoms. The lowest BCUT2D eigenvalue weighted by atomic mass is 10.2. The Morgan fingerprint density at radius 2 is 1.90 bits per heavy atom. The molecule has 20 heavy (non-hydrogen) atoms. The Morgan fingerprint density at radius 3 is 2.60 bits per heavy atom. The molecule has 0 aliphatic carbocycles. The zero-order chi connectivity index (χ0) is 14.4. The van der Waals surface area contributed by atoms with E-state index in [1.54, 1.807) is 30.1 Å². The fourth-order valence-corrected chi connectivity index (χ4v) is 2.66. The normalized spacial score (nSPS) is 10.2. The van der Waals surface area contributed by atoms with Crippen molar-refractivity contribution in [3.8, 4) is 5.75 Å². The minimum atomic E-state index is 0.0715. The first-order valence-electron chi connectivity index (χ1n) is 6.35. The van der Waals surface area contributed by atoms with Gasteiger partial charge in [0.2, 0.25) is 5.91 Å². The highest BCUT2D eigenvalue weighted by Crippen LogP contribution is 2.22. The Morgan fingerprint density at radius 1 is 1.15 bits per heavy atom. The van der Waals surface area contributed by atoms with Gasteiger partial charge in [0.15, 0.2) is 0 Å². The van der Waals surface area contributed by atoms with Crippen molar-refractivity contribution in [3.05, 3.63) is 60.2 Å². The van der Waals surface area contributed by atoms with Crippen LogP contribution in [0, 0.1) is 0 Å². The molecule has 1 N–H and O–H groups in total. The minimum Gasteiger partial charge on any atom is -0.508 e. The molecule has 0 aromatic heterocycles. The first-order chi connectivity index (χ1) is 9.65. The van der Waals surface area contributed by atoms with Gasteiger partial charge < -0.3 is 10.0 Å². The van der Waals surface area contributed by atoms with Crippen molar-refractivity contribution in [2.24, 2.45) is 0 Å². The lowest BCUT2D eigenvalue weighted by Crippen LogP contribution is -2.27. The summed E-state index contributed by atoms with van der Waals surface area (Å²) in [6.07, 6.45) is 0. The van der Waals surface area contributed by atoms with Gasteiger partial charge in [-0.3, -0.25) is 4.79 Å². The topological polar surface area (TPSA) is 40.5 Å². The van der Waals surface area contributed by atoms with Gasteiger partial charge in [0.05, 0.1) is 5.75 Å². The molecular weight excluding hydrogens is 270 g/mol. The van der Waals surface area contributed by atoms with Crippen LogP contribution in [0.2, 0.25) is 0 Å². The second kappa shape index (κ2) is 7.01. The molecule has 2 aromatic carbocycles. The van der Waals surface area contributed by atoms with Crippen LogP contribution in [0.25, 0.3) is 0 Å². The smallest absolute Gasteiger partial charge is 0.232 e. The van der Waals surface area contributed by atoms with E-state index in [4.69, 9.17) is 0 Å². The number of benzene rings is 2. The Kier molecular flexibility index (Phi) is 5.07. The number of rotatable bonds is 5. The molecule has 0 aliphatic rings. The molecule has 1 amide bonds. The highest BCUT2D eigenvalue weighted by atomic mass is 32.2. The fourth-order valence-electron chi connectivity index (χ4n) is 1.77. The lowest BCUT2D eigenvalue weighted by Gasteiger charge is -2.17. The summed E-state index contributed by atoms with van der Waals surface area (Å²) in [7, 11) is 1.80. The predicted octanol–water partition coefficient (Wildman–Crippen LogP) is 3.14. The second-order valence-electron chi connectivity index (χ2n) is 4.52. The van der Waals surface area contributed by atoms with E-state index in [9.17, 15) is 9.90 Å². The Balaban J connectivity index is 1.85. The summed E-state index contributed by atoms with van der Waals surface area (Å²) in [5.41, 5.74) is 1.12. The summed E-state index contributed by atoms with van der Waals surface area (Å²) in [5, 5.41) is 9.37. The standard InChI is InChI=1S/C16H17NO2S/c1-17(11-13-6-3-2-4-7-13)16(19)12-20-15-9-5-8-14(18)10-15/h2-10,18H,11-12H2,1H3. The quantitative estimate of drug-likeness (QED) is 0.859. The molecule has 0 radical (unpaired) electrons. The summed E-state index contributed by atoms with van der Waals surface area (Å²) >= 11 is 1.43. The summed E-state index contributed by atoms with van der Waals surface area (Å²) in [5.74, 6) is 0.662. The minimum absolute atomic E-state index is 0.0715. The van der Waals surface area contributed by atoms with Crippen LogP contribution in [0.5, 0.6) is 5.75 Å². The zero-order valence-corrected chi connectivity index (χ0v) is 12.1. The number of nitrogens with zero attached hydrogens (tertiary/aromatic N) is 1. The van der Waals surface area contributed by atoms with Crippen LogP contribution in [0.4, 0.5) is 0 Å². The lowest BCUT2D eigenvalue weighted by molar-refractivity contribution is -0.127. The van der Waals surface area contributed by atoms with Crippen LogP contribution in [0.1, 0.15) is 5.56 Å². The molecule has 2 rings (SSSR count). The average molecular weight is 287 g/mol. The van der Waals surface area contributed by atoms with E-state index in [0.717, 1.165) is 10.5 Å². The van der Waals surface area contributed by atoms with Crippen molar-refractivity contribution in [2.45, 2.75) is 11.4 Å². The van der Waals surface area contributed by atoms with Crippen molar-refractivity contribution in [1.82, 2.24) is 4.90 Å². The molecule has 104 valence electrons. The van der Waals surface area contributed by atoms with Crippen LogP contribution in [-0.4, -0.2) is 28.7 Å². The fraction of sp³-hybridized carbons (Fsp3) is 0.188. The number of aromatic hydroxyl groups is 1. The van der Waals surface area contributed by atoms with Gasteiger partial charge in [-0.1, -0.05) is 36.4 Å². The maximum atomic E-state index is 12.0. The van der Waals surface area contributed by atoms with Gasteiger partial charge >= 0.3 is 0 Å². The van der Waals surface area contributed by atoms with E-state index in [1.807, 2.05) is 36.4 Å². The summed E-state index contributed by atoms with van der Waals surface area (Å²) in [4.78, 5) is 14.7. The number of amides is 1. The van der Waals surface area contributed by atoms with Crippen LogP contribution in [0.3, 0.4) is 0 Å². The van der Waals surface area contributed by atoms with Gasteiger partial charge in [-0.05, 0) is 23.8 Å². The van der Waals surface area contributed by atoms with Crippen LogP contribution in [-0.2, 0) is 11.3 Å². The Bertz CT molecular complexity index is 572. The first kappa shape index (κ1) is 14.5. The van der Waals surface area contributed by atoms with Gasteiger partial charge in [-0.25, -0.2) is 0 Å². The molecule has 0 saturated heterocycles. The maximum absolute atomic E-state index is 12.0. The third-order valence-corrected chi connectivity index (χ3v) is 3.85. The van der Waals surface area contributed by atoms with E-state index in [2.05, 4.69) is 0 Å². The number of hydrogen-bond donors (Lipinski definition) is 1. The third-order valence-electron chi connectivity index (χ3n) is 2.87. The van der Waals surface area contributed by atoms with E-state index in [-0.39, 0.29) is 11.7 Å². The van der Waals surface area contributed by atoms with Crippen LogP contribution >= 0.6 is 11.8 Å². The van der Waals surface area contributed by atoms with Gasteiger partial charge in [0.1, 0.15) is 5.75 Å².